The number of likely N-dealkylation sites (N-methyl/N-ethyl adjacent to an activating group) is 1. The summed E-state index contributed by atoms with van der Waals surface area (Å²) in [7, 11) is 1.61. The van der Waals surface area contributed by atoms with Gasteiger partial charge in [0.1, 0.15) is 11.6 Å². The first-order valence-corrected chi connectivity index (χ1v) is 6.71. The largest absolute Gasteiger partial charge is 0.340 e. The summed E-state index contributed by atoms with van der Waals surface area (Å²) >= 11 is 0. The van der Waals surface area contributed by atoms with Crippen LogP contribution in [0.25, 0.3) is 0 Å². The van der Waals surface area contributed by atoms with Crippen molar-refractivity contribution >= 4 is 5.91 Å². The fourth-order valence-electron chi connectivity index (χ4n) is 2.19. The minimum atomic E-state index is -0.689. The lowest BCUT2D eigenvalue weighted by Gasteiger charge is -2.29. The zero-order chi connectivity index (χ0) is 14.5. The van der Waals surface area contributed by atoms with Crippen LogP contribution < -0.4 is 5.32 Å². The predicted molar refractivity (Wildman–Crippen MR) is 72.6 cm³/mol. The highest BCUT2D eigenvalue weighted by atomic mass is 19.1. The summed E-state index contributed by atoms with van der Waals surface area (Å²) in [4.78, 5) is 15.7. The molecular weight excluding hydrogens is 264 g/mol. The summed E-state index contributed by atoms with van der Waals surface area (Å²) in [6.07, 6.45) is 0. The first-order valence-electron chi connectivity index (χ1n) is 6.71. The van der Waals surface area contributed by atoms with Crippen molar-refractivity contribution in [2.75, 3.05) is 46.3 Å². The second kappa shape index (κ2) is 6.76. The van der Waals surface area contributed by atoms with E-state index in [2.05, 4.69) is 10.2 Å². The Kier molecular flexibility index (Phi) is 5.03. The molecule has 1 aromatic carbocycles. The van der Waals surface area contributed by atoms with Gasteiger partial charge in [-0.15, -0.1) is 0 Å². The number of carbonyl (C=O) groups excluding carboxylic acids is 1. The van der Waals surface area contributed by atoms with Gasteiger partial charge in [-0.25, -0.2) is 8.78 Å². The summed E-state index contributed by atoms with van der Waals surface area (Å²) in [6.45, 7) is 4.99. The lowest BCUT2D eigenvalue weighted by molar-refractivity contribution is 0.0769. The monoisotopic (exact) mass is 283 g/mol. The lowest BCUT2D eigenvalue weighted by Crippen LogP contribution is -2.46. The van der Waals surface area contributed by atoms with Gasteiger partial charge in [0.15, 0.2) is 0 Å². The molecule has 0 aromatic heterocycles. The van der Waals surface area contributed by atoms with E-state index in [0.29, 0.717) is 6.54 Å². The highest BCUT2D eigenvalue weighted by Gasteiger charge is 2.18. The van der Waals surface area contributed by atoms with E-state index in [1.54, 1.807) is 7.05 Å². The molecule has 6 heteroatoms. The maximum absolute atomic E-state index is 13.5. The Balaban J connectivity index is 1.92. The third-order valence-electron chi connectivity index (χ3n) is 3.47. The molecule has 2 rings (SSSR count). The fraction of sp³-hybridized carbons (Fsp3) is 0.500. The van der Waals surface area contributed by atoms with E-state index in [1.165, 1.54) is 4.90 Å². The Morgan fingerprint density at radius 2 is 2.05 bits per heavy atom. The van der Waals surface area contributed by atoms with E-state index in [1.807, 2.05) is 0 Å². The molecule has 1 fully saturated rings. The number of rotatable bonds is 4. The van der Waals surface area contributed by atoms with Crippen molar-refractivity contribution in [3.05, 3.63) is 35.4 Å². The van der Waals surface area contributed by atoms with E-state index >= 15 is 0 Å². The average Bonchev–Trinajstić information content (AvgIpc) is 2.47. The number of amides is 1. The van der Waals surface area contributed by atoms with Crippen LogP contribution in [-0.2, 0) is 0 Å². The molecule has 1 aromatic rings. The van der Waals surface area contributed by atoms with Gasteiger partial charge in [-0.05, 0) is 18.2 Å². The molecule has 4 nitrogen and oxygen atoms in total. The van der Waals surface area contributed by atoms with Gasteiger partial charge in [0.25, 0.3) is 5.91 Å². The van der Waals surface area contributed by atoms with Crippen LogP contribution in [-0.4, -0.2) is 62.0 Å². The minimum absolute atomic E-state index is 0.215. The maximum Gasteiger partial charge on any atom is 0.256 e. The van der Waals surface area contributed by atoms with Gasteiger partial charge in [0.05, 0.1) is 5.56 Å². The molecule has 0 saturated carbocycles. The normalized spacial score (nSPS) is 16.1. The van der Waals surface area contributed by atoms with E-state index in [4.69, 9.17) is 0 Å². The van der Waals surface area contributed by atoms with Crippen LogP contribution in [0.2, 0.25) is 0 Å². The van der Waals surface area contributed by atoms with Crippen molar-refractivity contribution in [3.63, 3.8) is 0 Å². The van der Waals surface area contributed by atoms with Crippen LogP contribution >= 0.6 is 0 Å². The first-order chi connectivity index (χ1) is 9.58. The van der Waals surface area contributed by atoms with Gasteiger partial charge in [-0.1, -0.05) is 0 Å². The predicted octanol–water partition coefficient (Wildman–Crippen LogP) is 0.942. The summed E-state index contributed by atoms with van der Waals surface area (Å²) in [6, 6.07) is 2.93. The number of halogens is 2. The molecule has 0 aliphatic carbocycles. The Labute approximate surface area is 117 Å². The number of hydrogen-bond donors (Lipinski definition) is 1. The van der Waals surface area contributed by atoms with Crippen LogP contribution in [0, 0.1) is 11.6 Å². The Bertz CT molecular complexity index is 475. The molecule has 0 unspecified atom stereocenters. The molecular formula is C14H19F2N3O. The zero-order valence-electron chi connectivity index (χ0n) is 11.5. The van der Waals surface area contributed by atoms with Gasteiger partial charge in [0.2, 0.25) is 0 Å². The van der Waals surface area contributed by atoms with E-state index in [-0.39, 0.29) is 5.56 Å². The molecule has 0 atom stereocenters. The zero-order valence-corrected chi connectivity index (χ0v) is 11.5. The Morgan fingerprint density at radius 1 is 1.35 bits per heavy atom. The molecule has 1 aliphatic rings. The van der Waals surface area contributed by atoms with Crippen molar-refractivity contribution in [1.82, 2.24) is 15.1 Å². The number of nitrogens with one attached hydrogen (secondary N) is 1. The van der Waals surface area contributed by atoms with Crippen LogP contribution in [0.4, 0.5) is 8.78 Å². The number of hydrogen-bond acceptors (Lipinski definition) is 3. The van der Waals surface area contributed by atoms with E-state index < -0.39 is 17.5 Å². The topological polar surface area (TPSA) is 35.6 Å². The highest BCUT2D eigenvalue weighted by Crippen LogP contribution is 2.12. The lowest BCUT2D eigenvalue weighted by atomic mass is 10.2. The second-order valence-electron chi connectivity index (χ2n) is 4.94. The van der Waals surface area contributed by atoms with Crippen LogP contribution in [0.3, 0.4) is 0 Å². The third kappa shape index (κ3) is 3.74. The minimum Gasteiger partial charge on any atom is -0.340 e. The molecule has 110 valence electrons. The average molecular weight is 283 g/mol. The number of nitrogens with zero attached hydrogens (tertiary/aromatic N) is 2. The fourth-order valence-corrected chi connectivity index (χ4v) is 2.19. The van der Waals surface area contributed by atoms with Crippen molar-refractivity contribution in [1.29, 1.82) is 0 Å². The van der Waals surface area contributed by atoms with Crippen molar-refractivity contribution in [3.8, 4) is 0 Å². The number of piperazine rings is 1. The summed E-state index contributed by atoms with van der Waals surface area (Å²) < 4.78 is 26.6. The molecule has 1 N–H and O–H groups in total. The highest BCUT2D eigenvalue weighted by molar-refractivity contribution is 5.94. The molecule has 1 amide bonds. The summed E-state index contributed by atoms with van der Waals surface area (Å²) in [5.41, 5.74) is -0.215. The summed E-state index contributed by atoms with van der Waals surface area (Å²) in [5, 5.41) is 3.25. The molecule has 20 heavy (non-hydrogen) atoms. The van der Waals surface area contributed by atoms with Crippen LogP contribution in [0.15, 0.2) is 18.2 Å². The molecule has 0 spiro atoms. The molecule has 1 saturated heterocycles. The molecule has 1 heterocycles. The van der Waals surface area contributed by atoms with Gasteiger partial charge in [-0.3, -0.25) is 9.69 Å². The van der Waals surface area contributed by atoms with Crippen molar-refractivity contribution in [2.45, 2.75) is 0 Å². The number of benzene rings is 1. The molecule has 1 aliphatic heterocycles. The summed E-state index contributed by atoms with van der Waals surface area (Å²) in [5.74, 6) is -1.78. The third-order valence-corrected chi connectivity index (χ3v) is 3.47. The Morgan fingerprint density at radius 3 is 2.75 bits per heavy atom. The molecule has 0 bridgehead atoms. The maximum atomic E-state index is 13.5. The van der Waals surface area contributed by atoms with Crippen molar-refractivity contribution in [2.24, 2.45) is 0 Å². The second-order valence-corrected chi connectivity index (χ2v) is 4.94. The standard InChI is InChI=1S/C14H19F2N3O/c1-18(8-9-19-6-4-17-5-7-19)14(20)12-10-11(15)2-3-13(12)16/h2-3,10,17H,4-9H2,1H3. The molecule has 0 radical (unpaired) electrons. The van der Waals surface area contributed by atoms with Crippen LogP contribution in [0.5, 0.6) is 0 Å². The van der Waals surface area contributed by atoms with Gasteiger partial charge in [-0.2, -0.15) is 0 Å². The number of carbonyl (C=O) groups is 1. The van der Waals surface area contributed by atoms with Gasteiger partial charge >= 0.3 is 0 Å². The quantitative estimate of drug-likeness (QED) is 0.893. The van der Waals surface area contributed by atoms with Gasteiger partial charge in [0, 0.05) is 46.3 Å². The van der Waals surface area contributed by atoms with E-state index in [0.717, 1.165) is 50.9 Å². The van der Waals surface area contributed by atoms with E-state index in [9.17, 15) is 13.6 Å². The van der Waals surface area contributed by atoms with Crippen LogP contribution in [0.1, 0.15) is 10.4 Å². The smallest absolute Gasteiger partial charge is 0.256 e. The first kappa shape index (κ1) is 14.9. The SMILES string of the molecule is CN(CCN1CCNCC1)C(=O)c1cc(F)ccc1F. The Hall–Kier alpha value is -1.53. The van der Waals surface area contributed by atoms with Crippen molar-refractivity contribution < 1.29 is 13.6 Å². The van der Waals surface area contributed by atoms with Gasteiger partial charge < -0.3 is 10.2 Å².